The van der Waals surface area contributed by atoms with Gasteiger partial charge in [-0.15, -0.1) is 0 Å². The van der Waals surface area contributed by atoms with E-state index in [2.05, 4.69) is 10.2 Å². The molecule has 4 heterocycles. The molecule has 1 fully saturated rings. The van der Waals surface area contributed by atoms with E-state index in [4.69, 9.17) is 0 Å². The first-order chi connectivity index (χ1) is 12.3. The number of likely N-dealkylation sites (tertiary alicyclic amines) is 1. The number of hydrogen-bond donors (Lipinski definition) is 0. The molecular formula is C16H20F2N6O2. The molecule has 2 aromatic rings. The van der Waals surface area contributed by atoms with Crippen LogP contribution < -0.4 is 5.69 Å². The molecule has 2 aliphatic heterocycles. The smallest absolute Gasteiger partial charge is 0.335 e. The van der Waals surface area contributed by atoms with E-state index >= 15 is 0 Å². The lowest BCUT2D eigenvalue weighted by Crippen LogP contribution is -2.42. The average molecular weight is 366 g/mol. The van der Waals surface area contributed by atoms with Crippen molar-refractivity contribution in [1.29, 1.82) is 0 Å². The Balaban J connectivity index is 1.62. The van der Waals surface area contributed by atoms with Crippen LogP contribution in [0.4, 0.5) is 8.78 Å². The fraction of sp³-hybridized carbons (Fsp3) is 0.625. The number of fused-ring (bicyclic) bond motifs is 1. The second-order valence-electron chi connectivity index (χ2n) is 6.98. The fourth-order valence-corrected chi connectivity index (χ4v) is 3.70. The van der Waals surface area contributed by atoms with Gasteiger partial charge in [0.25, 0.3) is 5.92 Å². The number of rotatable bonds is 3. The summed E-state index contributed by atoms with van der Waals surface area (Å²) in [6.07, 6.45) is 3.19. The molecule has 0 aliphatic carbocycles. The highest BCUT2D eigenvalue weighted by Gasteiger charge is 2.43. The lowest BCUT2D eigenvalue weighted by molar-refractivity contribution is -0.135. The van der Waals surface area contributed by atoms with Crippen molar-refractivity contribution >= 4 is 5.91 Å². The molecule has 26 heavy (non-hydrogen) atoms. The zero-order chi connectivity index (χ0) is 18.5. The zero-order valence-electron chi connectivity index (χ0n) is 14.4. The van der Waals surface area contributed by atoms with Crippen LogP contribution in [0, 0.1) is 0 Å². The van der Waals surface area contributed by atoms with Crippen molar-refractivity contribution in [3.63, 3.8) is 0 Å². The van der Waals surface area contributed by atoms with Gasteiger partial charge in [0.05, 0.1) is 18.8 Å². The minimum Gasteiger partial charge on any atom is -0.335 e. The van der Waals surface area contributed by atoms with E-state index in [9.17, 15) is 18.4 Å². The standard InChI is InChI=1S/C16H20F2N6O2/c1-21-7-5-11(19-21)9-23-15(26)24-12(3-2-4-13(24)20-23)14(25)22-8-6-16(17,18)10-22/h5,7,12H,2-4,6,8-10H2,1H3. The third-order valence-corrected chi connectivity index (χ3v) is 4.98. The van der Waals surface area contributed by atoms with Crippen molar-refractivity contribution in [2.75, 3.05) is 13.1 Å². The first kappa shape index (κ1) is 16.9. The van der Waals surface area contributed by atoms with Crippen LogP contribution in [0.3, 0.4) is 0 Å². The van der Waals surface area contributed by atoms with Crippen LogP contribution >= 0.6 is 0 Å². The van der Waals surface area contributed by atoms with Gasteiger partial charge in [0.15, 0.2) is 0 Å². The Morgan fingerprint density at radius 3 is 2.85 bits per heavy atom. The zero-order valence-corrected chi connectivity index (χ0v) is 14.4. The van der Waals surface area contributed by atoms with Gasteiger partial charge in [-0.3, -0.25) is 14.0 Å². The van der Waals surface area contributed by atoms with Gasteiger partial charge >= 0.3 is 5.69 Å². The first-order valence-corrected chi connectivity index (χ1v) is 8.67. The predicted octanol–water partition coefficient (Wildman–Crippen LogP) is 0.572. The molecule has 4 rings (SSSR count). The highest BCUT2D eigenvalue weighted by molar-refractivity contribution is 5.81. The summed E-state index contributed by atoms with van der Waals surface area (Å²) in [6.45, 7) is -0.342. The van der Waals surface area contributed by atoms with Crippen LogP contribution in [0.25, 0.3) is 0 Å². The van der Waals surface area contributed by atoms with Gasteiger partial charge < -0.3 is 4.90 Å². The van der Waals surface area contributed by atoms with Crippen LogP contribution in [0.1, 0.15) is 36.8 Å². The lowest BCUT2D eigenvalue weighted by Gasteiger charge is -2.27. The Morgan fingerprint density at radius 1 is 1.38 bits per heavy atom. The van der Waals surface area contributed by atoms with Crippen molar-refractivity contribution in [3.05, 3.63) is 34.3 Å². The number of aryl methyl sites for hydroxylation is 2. The van der Waals surface area contributed by atoms with Gasteiger partial charge in [0.2, 0.25) is 5.91 Å². The van der Waals surface area contributed by atoms with Gasteiger partial charge in [0, 0.05) is 32.6 Å². The summed E-state index contributed by atoms with van der Waals surface area (Å²) in [5.41, 5.74) is 0.293. The number of carbonyl (C=O) groups excluding carboxylic acids is 1. The molecule has 140 valence electrons. The summed E-state index contributed by atoms with van der Waals surface area (Å²) in [5.74, 6) is -2.73. The minimum atomic E-state index is -2.85. The van der Waals surface area contributed by atoms with Gasteiger partial charge in [-0.25, -0.2) is 18.3 Å². The molecule has 1 saturated heterocycles. The Bertz CT molecular complexity index is 899. The summed E-state index contributed by atoms with van der Waals surface area (Å²) in [7, 11) is 1.78. The normalized spacial score (nSPS) is 21.8. The van der Waals surface area contributed by atoms with Crippen molar-refractivity contribution in [1.82, 2.24) is 29.0 Å². The molecule has 0 saturated carbocycles. The number of nitrogens with zero attached hydrogens (tertiary/aromatic N) is 6. The van der Waals surface area contributed by atoms with Gasteiger partial charge in [-0.05, 0) is 18.9 Å². The Kier molecular flexibility index (Phi) is 3.92. The van der Waals surface area contributed by atoms with Gasteiger partial charge in [0.1, 0.15) is 11.9 Å². The van der Waals surface area contributed by atoms with Crippen molar-refractivity contribution in [2.45, 2.75) is 44.2 Å². The Labute approximate surface area is 148 Å². The molecule has 10 heteroatoms. The predicted molar refractivity (Wildman–Crippen MR) is 86.9 cm³/mol. The average Bonchev–Trinajstić information content (AvgIpc) is 3.26. The van der Waals surface area contributed by atoms with E-state index < -0.39 is 30.1 Å². The van der Waals surface area contributed by atoms with Gasteiger partial charge in [-0.2, -0.15) is 10.2 Å². The maximum atomic E-state index is 13.5. The molecule has 0 spiro atoms. The third kappa shape index (κ3) is 2.93. The van der Waals surface area contributed by atoms with E-state index in [0.29, 0.717) is 30.8 Å². The summed E-state index contributed by atoms with van der Waals surface area (Å²) < 4.78 is 31.2. The van der Waals surface area contributed by atoms with Crippen molar-refractivity contribution in [3.8, 4) is 0 Å². The highest BCUT2D eigenvalue weighted by Crippen LogP contribution is 2.31. The first-order valence-electron chi connectivity index (χ1n) is 8.67. The topological polar surface area (TPSA) is 78.0 Å². The monoisotopic (exact) mass is 366 g/mol. The largest absolute Gasteiger partial charge is 0.347 e. The number of amides is 1. The molecule has 1 amide bonds. The number of hydrogen-bond acceptors (Lipinski definition) is 4. The van der Waals surface area contributed by atoms with Crippen LogP contribution in [0.2, 0.25) is 0 Å². The van der Waals surface area contributed by atoms with Crippen LogP contribution in [-0.2, 0) is 24.8 Å². The summed E-state index contributed by atoms with van der Waals surface area (Å²) in [6, 6.07) is 1.04. The quantitative estimate of drug-likeness (QED) is 0.796. The SMILES string of the molecule is Cn1ccc(Cn2nc3n(c2=O)C(C(=O)N2CCC(F)(F)C2)CCC3)n1. The minimum absolute atomic E-state index is 0.0223. The molecule has 8 nitrogen and oxygen atoms in total. The van der Waals surface area contributed by atoms with E-state index in [0.717, 1.165) is 0 Å². The van der Waals surface area contributed by atoms with E-state index in [-0.39, 0.29) is 19.5 Å². The molecular weight excluding hydrogens is 346 g/mol. The number of alkyl halides is 2. The molecule has 2 aliphatic rings. The second kappa shape index (κ2) is 6.03. The number of carbonyl (C=O) groups is 1. The van der Waals surface area contributed by atoms with Crippen LogP contribution in [0.15, 0.2) is 17.1 Å². The molecule has 0 bridgehead atoms. The van der Waals surface area contributed by atoms with E-state index in [1.165, 1.54) is 14.1 Å². The Morgan fingerprint density at radius 2 is 2.19 bits per heavy atom. The molecule has 0 N–H and O–H groups in total. The molecule has 1 unspecified atom stereocenters. The van der Waals surface area contributed by atoms with Crippen molar-refractivity contribution < 1.29 is 13.6 Å². The number of halogens is 2. The maximum Gasteiger partial charge on any atom is 0.347 e. The number of aromatic nitrogens is 5. The maximum absolute atomic E-state index is 13.5. The molecule has 0 radical (unpaired) electrons. The van der Waals surface area contributed by atoms with Gasteiger partial charge in [-0.1, -0.05) is 0 Å². The summed E-state index contributed by atoms with van der Waals surface area (Å²) in [4.78, 5) is 26.7. The van der Waals surface area contributed by atoms with Crippen LogP contribution in [-0.4, -0.2) is 53.9 Å². The van der Waals surface area contributed by atoms with Crippen LogP contribution in [0.5, 0.6) is 0 Å². The Hall–Kier alpha value is -2.52. The highest BCUT2D eigenvalue weighted by atomic mass is 19.3. The fourth-order valence-electron chi connectivity index (χ4n) is 3.70. The van der Waals surface area contributed by atoms with E-state index in [1.807, 2.05) is 0 Å². The third-order valence-electron chi connectivity index (χ3n) is 4.98. The summed E-state index contributed by atoms with van der Waals surface area (Å²) in [5, 5.41) is 8.58. The lowest BCUT2D eigenvalue weighted by atomic mass is 10.0. The summed E-state index contributed by atoms with van der Waals surface area (Å²) >= 11 is 0. The van der Waals surface area contributed by atoms with E-state index in [1.54, 1.807) is 24.0 Å². The molecule has 0 aromatic carbocycles. The molecule has 2 aromatic heterocycles. The molecule has 1 atom stereocenters. The van der Waals surface area contributed by atoms with Crippen molar-refractivity contribution in [2.24, 2.45) is 7.05 Å². The second-order valence-corrected chi connectivity index (χ2v) is 6.98.